The molecule has 9 heteroatoms. The van der Waals surface area contributed by atoms with E-state index in [0.717, 1.165) is 43.2 Å². The molecule has 0 unspecified atom stereocenters. The number of ketones is 1. The average molecular weight is 495 g/mol. The van der Waals surface area contributed by atoms with Gasteiger partial charge in [-0.3, -0.25) is 9.48 Å². The number of ether oxygens (including phenoxy) is 1. The van der Waals surface area contributed by atoms with E-state index in [1.807, 2.05) is 23.1 Å². The SMILES string of the molecule is CC(C)C1CCC(n2cc(CC(=O)c3cnn4ccc(N5CCOCC5)nc34)c(C(C)(C)O)n2)CC1. The summed E-state index contributed by atoms with van der Waals surface area (Å²) in [5.74, 6) is 2.21. The Morgan fingerprint density at radius 1 is 1.19 bits per heavy atom. The van der Waals surface area contributed by atoms with Crippen LogP contribution < -0.4 is 4.90 Å². The van der Waals surface area contributed by atoms with Gasteiger partial charge in [0.05, 0.1) is 36.7 Å². The van der Waals surface area contributed by atoms with Crippen LogP contribution >= 0.6 is 0 Å². The van der Waals surface area contributed by atoms with Crippen molar-refractivity contribution in [1.29, 1.82) is 0 Å². The minimum absolute atomic E-state index is 0.0785. The van der Waals surface area contributed by atoms with Crippen LogP contribution in [0.15, 0.2) is 24.7 Å². The smallest absolute Gasteiger partial charge is 0.172 e. The van der Waals surface area contributed by atoms with Crippen molar-refractivity contribution in [2.24, 2.45) is 11.8 Å². The van der Waals surface area contributed by atoms with Crippen molar-refractivity contribution < 1.29 is 14.6 Å². The minimum Gasteiger partial charge on any atom is -0.384 e. The molecule has 0 aromatic carbocycles. The first-order valence-electron chi connectivity index (χ1n) is 13.2. The lowest BCUT2D eigenvalue weighted by atomic mass is 9.80. The van der Waals surface area contributed by atoms with Crippen LogP contribution in [-0.2, 0) is 16.8 Å². The van der Waals surface area contributed by atoms with E-state index >= 15 is 0 Å². The van der Waals surface area contributed by atoms with Crippen LogP contribution in [0.5, 0.6) is 0 Å². The maximum Gasteiger partial charge on any atom is 0.172 e. The molecular weight excluding hydrogens is 456 g/mol. The van der Waals surface area contributed by atoms with Crippen molar-refractivity contribution in [2.75, 3.05) is 31.2 Å². The largest absolute Gasteiger partial charge is 0.384 e. The van der Waals surface area contributed by atoms with Gasteiger partial charge in [-0.05, 0) is 57.4 Å². The zero-order valence-corrected chi connectivity index (χ0v) is 21.9. The third-order valence-electron chi connectivity index (χ3n) is 7.79. The van der Waals surface area contributed by atoms with Crippen LogP contribution in [0.25, 0.3) is 5.65 Å². The molecule has 3 aromatic rings. The fourth-order valence-corrected chi connectivity index (χ4v) is 5.59. The normalized spacial score (nSPS) is 21.4. The fourth-order valence-electron chi connectivity index (χ4n) is 5.59. The number of fused-ring (bicyclic) bond motifs is 1. The molecule has 2 fully saturated rings. The minimum atomic E-state index is -1.14. The van der Waals surface area contributed by atoms with Crippen LogP contribution in [0, 0.1) is 11.8 Å². The van der Waals surface area contributed by atoms with Crippen LogP contribution in [0.2, 0.25) is 0 Å². The Balaban J connectivity index is 1.39. The van der Waals surface area contributed by atoms with Crippen molar-refractivity contribution >= 4 is 17.2 Å². The highest BCUT2D eigenvalue weighted by Gasteiger charge is 2.30. The zero-order chi connectivity index (χ0) is 25.4. The molecule has 0 bridgehead atoms. The third kappa shape index (κ3) is 5.04. The van der Waals surface area contributed by atoms with E-state index in [4.69, 9.17) is 14.8 Å². The van der Waals surface area contributed by atoms with E-state index in [2.05, 4.69) is 23.8 Å². The number of hydrogen-bond donors (Lipinski definition) is 1. The summed E-state index contributed by atoms with van der Waals surface area (Å²) in [5.41, 5.74) is 1.23. The number of carbonyl (C=O) groups excluding carboxylic acids is 1. The van der Waals surface area contributed by atoms with Gasteiger partial charge in [0.2, 0.25) is 0 Å². The monoisotopic (exact) mass is 494 g/mol. The Morgan fingerprint density at radius 3 is 2.58 bits per heavy atom. The topological polar surface area (TPSA) is 97.8 Å². The molecule has 1 saturated carbocycles. The van der Waals surface area contributed by atoms with E-state index in [9.17, 15) is 9.90 Å². The van der Waals surface area contributed by atoms with Crippen LogP contribution in [0.1, 0.15) is 81.0 Å². The Morgan fingerprint density at radius 2 is 1.92 bits per heavy atom. The summed E-state index contributed by atoms with van der Waals surface area (Å²) in [4.78, 5) is 20.4. The number of rotatable bonds is 7. The highest BCUT2D eigenvalue weighted by molar-refractivity contribution is 6.02. The molecule has 1 saturated heterocycles. The van der Waals surface area contributed by atoms with E-state index in [-0.39, 0.29) is 12.2 Å². The summed E-state index contributed by atoms with van der Waals surface area (Å²) >= 11 is 0. The lowest BCUT2D eigenvalue weighted by Gasteiger charge is -2.31. The summed E-state index contributed by atoms with van der Waals surface area (Å²) in [6.07, 6.45) is 10.1. The second-order valence-electron chi connectivity index (χ2n) is 11.2. The molecule has 9 nitrogen and oxygen atoms in total. The van der Waals surface area contributed by atoms with Gasteiger partial charge in [0.25, 0.3) is 0 Å². The van der Waals surface area contributed by atoms with Crippen LogP contribution in [-0.4, -0.2) is 61.6 Å². The maximum atomic E-state index is 13.5. The van der Waals surface area contributed by atoms with Gasteiger partial charge in [-0.2, -0.15) is 10.2 Å². The summed E-state index contributed by atoms with van der Waals surface area (Å²) in [6.45, 7) is 10.9. The van der Waals surface area contributed by atoms with Crippen molar-refractivity contribution in [3.63, 3.8) is 0 Å². The van der Waals surface area contributed by atoms with E-state index in [1.54, 1.807) is 24.6 Å². The molecule has 1 aliphatic heterocycles. The number of Topliss-reactive ketones (excluding diaryl/α,β-unsaturated/α-hetero) is 1. The predicted octanol–water partition coefficient (Wildman–Crippen LogP) is 3.80. The first kappa shape index (κ1) is 24.9. The van der Waals surface area contributed by atoms with E-state index < -0.39 is 5.60 Å². The van der Waals surface area contributed by atoms with Gasteiger partial charge in [-0.25, -0.2) is 9.50 Å². The first-order chi connectivity index (χ1) is 17.2. The van der Waals surface area contributed by atoms with Crippen molar-refractivity contribution in [3.05, 3.63) is 41.5 Å². The van der Waals surface area contributed by atoms with E-state index in [0.29, 0.717) is 42.1 Å². The Hall–Kier alpha value is -2.78. The molecular formula is C27H38N6O3. The third-order valence-corrected chi connectivity index (χ3v) is 7.79. The molecule has 1 N–H and O–H groups in total. The summed E-state index contributed by atoms with van der Waals surface area (Å²) in [6, 6.07) is 2.23. The van der Waals surface area contributed by atoms with Crippen molar-refractivity contribution in [3.8, 4) is 0 Å². The highest BCUT2D eigenvalue weighted by atomic mass is 16.5. The number of hydrogen-bond acceptors (Lipinski definition) is 7. The number of carbonyl (C=O) groups is 1. The fraction of sp³-hybridized carbons (Fsp3) is 0.630. The van der Waals surface area contributed by atoms with Gasteiger partial charge < -0.3 is 14.7 Å². The molecule has 0 atom stereocenters. The molecule has 0 spiro atoms. The highest BCUT2D eigenvalue weighted by Crippen LogP contribution is 2.36. The Bertz CT molecular complexity index is 1210. The maximum absolute atomic E-state index is 13.5. The number of aromatic nitrogens is 5. The predicted molar refractivity (Wildman–Crippen MR) is 137 cm³/mol. The Labute approximate surface area is 212 Å². The second-order valence-corrected chi connectivity index (χ2v) is 11.2. The standard InChI is InChI=1S/C27H38N6O3/c1-18(2)19-5-7-21(8-6-19)33-17-20(25(30-33)27(3,4)35)15-23(34)22-16-28-32-10-9-24(29-26(22)32)31-11-13-36-14-12-31/h9-10,16-19,21,35H,5-8,11-15H2,1-4H3. The molecule has 1 aliphatic carbocycles. The zero-order valence-electron chi connectivity index (χ0n) is 21.9. The average Bonchev–Trinajstić information content (AvgIpc) is 3.49. The van der Waals surface area contributed by atoms with Crippen molar-refractivity contribution in [2.45, 2.75) is 71.4 Å². The molecule has 5 rings (SSSR count). The van der Waals surface area contributed by atoms with Crippen LogP contribution in [0.4, 0.5) is 5.82 Å². The molecule has 0 radical (unpaired) electrons. The van der Waals surface area contributed by atoms with Gasteiger partial charge in [0.1, 0.15) is 11.4 Å². The van der Waals surface area contributed by atoms with Gasteiger partial charge in [0.15, 0.2) is 11.4 Å². The first-order valence-corrected chi connectivity index (χ1v) is 13.2. The van der Waals surface area contributed by atoms with Gasteiger partial charge >= 0.3 is 0 Å². The lowest BCUT2D eigenvalue weighted by Crippen LogP contribution is -2.36. The second kappa shape index (κ2) is 9.94. The summed E-state index contributed by atoms with van der Waals surface area (Å²) in [5, 5.41) is 20.0. The van der Waals surface area contributed by atoms with Gasteiger partial charge in [0, 0.05) is 37.5 Å². The summed E-state index contributed by atoms with van der Waals surface area (Å²) < 4.78 is 9.09. The molecule has 4 heterocycles. The van der Waals surface area contributed by atoms with E-state index in [1.165, 1.54) is 12.8 Å². The number of aliphatic hydroxyl groups is 1. The Kier molecular flexibility index (Phi) is 6.87. The molecule has 36 heavy (non-hydrogen) atoms. The number of morpholine rings is 1. The summed E-state index contributed by atoms with van der Waals surface area (Å²) in [7, 11) is 0. The molecule has 0 amide bonds. The van der Waals surface area contributed by atoms with Gasteiger partial charge in [-0.15, -0.1) is 0 Å². The van der Waals surface area contributed by atoms with Crippen molar-refractivity contribution in [1.82, 2.24) is 24.4 Å². The lowest BCUT2D eigenvalue weighted by molar-refractivity contribution is 0.0713. The molecule has 3 aromatic heterocycles. The molecule has 194 valence electrons. The van der Waals surface area contributed by atoms with Crippen LogP contribution in [0.3, 0.4) is 0 Å². The number of nitrogens with zero attached hydrogens (tertiary/aromatic N) is 6. The quantitative estimate of drug-likeness (QED) is 0.499. The van der Waals surface area contributed by atoms with Gasteiger partial charge in [-0.1, -0.05) is 13.8 Å². The molecule has 2 aliphatic rings. The number of anilines is 1.